The Labute approximate surface area is 182 Å². The molecule has 2 heterocycles. The Morgan fingerprint density at radius 2 is 2.03 bits per heavy atom. The van der Waals surface area contributed by atoms with Crippen molar-refractivity contribution in [3.05, 3.63) is 52.4 Å². The molecule has 7 nitrogen and oxygen atoms in total. The van der Waals surface area contributed by atoms with Gasteiger partial charge < -0.3 is 16.0 Å². The molecule has 1 aliphatic carbocycles. The maximum absolute atomic E-state index is 12.7. The van der Waals surface area contributed by atoms with Crippen LogP contribution in [0.1, 0.15) is 64.0 Å². The maximum atomic E-state index is 12.7. The van der Waals surface area contributed by atoms with Gasteiger partial charge in [-0.1, -0.05) is 32.4 Å². The molecule has 4 rings (SSSR count). The average molecular weight is 419 g/mol. The molecule has 1 saturated carbocycles. The number of benzene rings is 1. The molecule has 0 aliphatic heterocycles. The predicted octanol–water partition coefficient (Wildman–Crippen LogP) is 4.70. The molecular formula is C24H30N6O. The summed E-state index contributed by atoms with van der Waals surface area (Å²) in [4.78, 5) is 15.4. The Kier molecular flexibility index (Phi) is 5.84. The average Bonchev–Trinajstić information content (AvgIpc) is 3.12. The first-order valence-electron chi connectivity index (χ1n) is 11.2. The highest BCUT2D eigenvalue weighted by molar-refractivity contribution is 5.91. The number of H-pyrrole nitrogens is 1. The van der Waals surface area contributed by atoms with Gasteiger partial charge in [0.05, 0.1) is 23.5 Å². The van der Waals surface area contributed by atoms with Crippen LogP contribution in [0.4, 0.5) is 11.5 Å². The third-order valence-corrected chi connectivity index (χ3v) is 6.57. The quantitative estimate of drug-likeness (QED) is 0.491. The van der Waals surface area contributed by atoms with E-state index >= 15 is 0 Å². The van der Waals surface area contributed by atoms with Crippen LogP contribution >= 0.6 is 0 Å². The lowest BCUT2D eigenvalue weighted by Crippen LogP contribution is -2.43. The largest absolute Gasteiger partial charge is 0.338 e. The van der Waals surface area contributed by atoms with Gasteiger partial charge in [0.25, 0.3) is 5.56 Å². The molecule has 7 heteroatoms. The van der Waals surface area contributed by atoms with Gasteiger partial charge in [-0.25, -0.2) is 0 Å². The molecule has 0 bridgehead atoms. The Bertz CT molecular complexity index is 1150. The summed E-state index contributed by atoms with van der Waals surface area (Å²) in [6.45, 7) is 4.12. The fourth-order valence-electron chi connectivity index (χ4n) is 4.55. The number of fused-ring (bicyclic) bond motifs is 1. The van der Waals surface area contributed by atoms with Crippen LogP contribution in [-0.4, -0.2) is 14.8 Å². The summed E-state index contributed by atoms with van der Waals surface area (Å²) in [6.07, 6.45) is 7.32. The molecule has 4 N–H and O–H groups in total. The van der Waals surface area contributed by atoms with Crippen molar-refractivity contribution in [1.82, 2.24) is 14.8 Å². The van der Waals surface area contributed by atoms with Crippen molar-refractivity contribution in [2.75, 3.05) is 5.32 Å². The zero-order valence-corrected chi connectivity index (χ0v) is 18.2. The van der Waals surface area contributed by atoms with Crippen LogP contribution in [-0.2, 0) is 5.54 Å². The number of anilines is 2. The summed E-state index contributed by atoms with van der Waals surface area (Å²) in [5.41, 5.74) is 8.76. The highest BCUT2D eigenvalue weighted by Crippen LogP contribution is 2.39. The van der Waals surface area contributed by atoms with E-state index in [1.165, 1.54) is 6.42 Å². The first-order valence-corrected chi connectivity index (χ1v) is 11.2. The minimum atomic E-state index is -0.205. The fraction of sp³-hybridized carbons (Fsp3) is 0.458. The number of aromatic nitrogens is 3. The van der Waals surface area contributed by atoms with Crippen molar-refractivity contribution in [2.24, 2.45) is 11.7 Å². The third kappa shape index (κ3) is 3.84. The molecular weight excluding hydrogens is 388 g/mol. The molecule has 0 radical (unpaired) electrons. The van der Waals surface area contributed by atoms with Crippen molar-refractivity contribution in [2.45, 2.75) is 64.0 Å². The molecule has 0 saturated heterocycles. The molecule has 1 aromatic carbocycles. The Morgan fingerprint density at radius 1 is 1.29 bits per heavy atom. The molecule has 0 unspecified atom stereocenters. The van der Waals surface area contributed by atoms with Crippen molar-refractivity contribution >= 4 is 22.4 Å². The number of rotatable bonds is 8. The van der Waals surface area contributed by atoms with Gasteiger partial charge in [-0.2, -0.15) is 10.4 Å². The van der Waals surface area contributed by atoms with Gasteiger partial charge in [-0.05, 0) is 55.9 Å². The summed E-state index contributed by atoms with van der Waals surface area (Å²) in [5, 5.41) is 18.3. The number of nitrogens with two attached hydrogens (primary N) is 1. The molecule has 1 aliphatic rings. The highest BCUT2D eigenvalue weighted by Gasteiger charge is 2.34. The zero-order chi connectivity index (χ0) is 22.0. The monoisotopic (exact) mass is 418 g/mol. The minimum Gasteiger partial charge on any atom is -0.338 e. The zero-order valence-electron chi connectivity index (χ0n) is 18.2. The van der Waals surface area contributed by atoms with Crippen LogP contribution in [0.25, 0.3) is 10.9 Å². The summed E-state index contributed by atoms with van der Waals surface area (Å²) in [7, 11) is 0. The molecule has 1 fully saturated rings. The van der Waals surface area contributed by atoms with E-state index in [2.05, 4.69) is 23.3 Å². The number of hydrogen-bond acceptors (Lipinski definition) is 5. The molecule has 3 aromatic rings. The molecule has 2 aromatic heterocycles. The van der Waals surface area contributed by atoms with Gasteiger partial charge in [0, 0.05) is 17.4 Å². The number of nitrogens with zero attached hydrogens (tertiary/aromatic N) is 3. The number of hydrogen-bond donors (Lipinski definition) is 3. The van der Waals surface area contributed by atoms with Gasteiger partial charge in [-0.3, -0.25) is 9.48 Å². The number of aromatic amines is 1. The molecule has 31 heavy (non-hydrogen) atoms. The van der Waals surface area contributed by atoms with Crippen LogP contribution < -0.4 is 16.6 Å². The SMILES string of the molecule is CCC[C@@H]([C@@H](C#N)CC)n1nc(Nc2ccc(C3(N)CCC3)cc2)c2c(=O)[nH]ccc21. The number of nitriles is 1. The summed E-state index contributed by atoms with van der Waals surface area (Å²) in [6, 6.07) is 12.3. The van der Waals surface area contributed by atoms with Gasteiger partial charge in [0.2, 0.25) is 0 Å². The van der Waals surface area contributed by atoms with Gasteiger partial charge in [0.15, 0.2) is 5.82 Å². The van der Waals surface area contributed by atoms with Crippen LogP contribution in [0, 0.1) is 17.2 Å². The maximum Gasteiger partial charge on any atom is 0.261 e. The van der Waals surface area contributed by atoms with E-state index in [1.807, 2.05) is 41.9 Å². The van der Waals surface area contributed by atoms with E-state index in [0.717, 1.165) is 48.9 Å². The lowest BCUT2D eigenvalue weighted by molar-refractivity contribution is 0.253. The van der Waals surface area contributed by atoms with Crippen molar-refractivity contribution in [3.63, 3.8) is 0 Å². The van der Waals surface area contributed by atoms with E-state index < -0.39 is 0 Å². The minimum absolute atomic E-state index is 0.0852. The standard InChI is InChI=1S/C24H30N6O/c1-3-6-19(16(4-2)15-25)30-20-11-14-27-23(31)21(20)22(29-30)28-18-9-7-17(8-10-18)24(26)12-5-13-24/h7-11,14,16,19H,3-6,12-13,26H2,1-2H3,(H,27,31)(H,28,29)/t16-,19+/m1/s1. The van der Waals surface area contributed by atoms with E-state index in [-0.39, 0.29) is 23.1 Å². The predicted molar refractivity (Wildman–Crippen MR) is 123 cm³/mol. The van der Waals surface area contributed by atoms with Crippen LogP contribution in [0.15, 0.2) is 41.3 Å². The molecule has 162 valence electrons. The second-order valence-corrected chi connectivity index (χ2v) is 8.57. The molecule has 0 spiro atoms. The molecule has 0 amide bonds. The van der Waals surface area contributed by atoms with E-state index in [4.69, 9.17) is 10.8 Å². The second-order valence-electron chi connectivity index (χ2n) is 8.57. The third-order valence-electron chi connectivity index (χ3n) is 6.57. The molecule has 2 atom stereocenters. The second kappa shape index (κ2) is 8.56. The Morgan fingerprint density at radius 3 is 2.61 bits per heavy atom. The lowest BCUT2D eigenvalue weighted by Gasteiger charge is -2.38. The van der Waals surface area contributed by atoms with Crippen molar-refractivity contribution < 1.29 is 0 Å². The number of pyridine rings is 1. The van der Waals surface area contributed by atoms with Crippen LogP contribution in [0.3, 0.4) is 0 Å². The first kappa shape index (κ1) is 21.1. The smallest absolute Gasteiger partial charge is 0.261 e. The van der Waals surface area contributed by atoms with Gasteiger partial charge in [0.1, 0.15) is 5.39 Å². The van der Waals surface area contributed by atoms with Crippen LogP contribution in [0.2, 0.25) is 0 Å². The van der Waals surface area contributed by atoms with E-state index in [9.17, 15) is 10.1 Å². The van der Waals surface area contributed by atoms with Gasteiger partial charge >= 0.3 is 0 Å². The summed E-state index contributed by atoms with van der Waals surface area (Å²) >= 11 is 0. The Hall–Kier alpha value is -3.11. The van der Waals surface area contributed by atoms with Crippen molar-refractivity contribution in [1.29, 1.82) is 5.26 Å². The van der Waals surface area contributed by atoms with E-state index in [1.54, 1.807) is 6.20 Å². The lowest BCUT2D eigenvalue weighted by atomic mass is 9.73. The van der Waals surface area contributed by atoms with Crippen LogP contribution in [0.5, 0.6) is 0 Å². The highest BCUT2D eigenvalue weighted by atomic mass is 16.1. The normalized spacial score (nSPS) is 17.0. The summed E-state index contributed by atoms with van der Waals surface area (Å²) < 4.78 is 1.87. The topological polar surface area (TPSA) is 113 Å². The van der Waals surface area contributed by atoms with Crippen molar-refractivity contribution in [3.8, 4) is 6.07 Å². The van der Waals surface area contributed by atoms with Gasteiger partial charge in [-0.15, -0.1) is 0 Å². The van der Waals surface area contributed by atoms with E-state index in [0.29, 0.717) is 11.2 Å². The Balaban J connectivity index is 1.73. The fourth-order valence-corrected chi connectivity index (χ4v) is 4.55. The summed E-state index contributed by atoms with van der Waals surface area (Å²) in [5.74, 6) is 0.335. The number of nitrogens with one attached hydrogen (secondary N) is 2. The first-order chi connectivity index (χ1) is 15.0.